The first kappa shape index (κ1) is 9.70. The highest BCUT2D eigenvalue weighted by atomic mass is 15.4. The predicted octanol–water partition coefficient (Wildman–Crippen LogP) is 0.433. The Hall–Kier alpha value is -1.85. The van der Waals surface area contributed by atoms with E-state index in [0.717, 1.165) is 17.9 Å². The van der Waals surface area contributed by atoms with Crippen LogP contribution >= 0.6 is 0 Å². The van der Waals surface area contributed by atoms with Crippen LogP contribution in [0.15, 0.2) is 12.3 Å². The van der Waals surface area contributed by atoms with Gasteiger partial charge in [-0.1, -0.05) is 5.21 Å². The van der Waals surface area contributed by atoms with E-state index >= 15 is 0 Å². The average Bonchev–Trinajstić information content (AvgIpc) is 2.75. The first-order chi connectivity index (χ1) is 7.19. The number of hydrogen-bond acceptors (Lipinski definition) is 4. The quantitative estimate of drug-likeness (QED) is 0.790. The second kappa shape index (κ2) is 3.72. The molecule has 80 valence electrons. The summed E-state index contributed by atoms with van der Waals surface area (Å²) < 4.78 is 3.61. The van der Waals surface area contributed by atoms with Gasteiger partial charge in [0.1, 0.15) is 11.5 Å². The van der Waals surface area contributed by atoms with Crippen molar-refractivity contribution in [3.63, 3.8) is 0 Å². The minimum absolute atomic E-state index is 0.537. The van der Waals surface area contributed by atoms with E-state index in [0.29, 0.717) is 12.4 Å². The van der Waals surface area contributed by atoms with Crippen molar-refractivity contribution in [3.8, 4) is 0 Å². The summed E-state index contributed by atoms with van der Waals surface area (Å²) in [5.41, 5.74) is 7.51. The highest BCUT2D eigenvalue weighted by Crippen LogP contribution is 2.06. The van der Waals surface area contributed by atoms with Crippen LogP contribution < -0.4 is 5.73 Å². The predicted molar refractivity (Wildman–Crippen MR) is 56.2 cm³/mol. The molecule has 0 radical (unpaired) electrons. The van der Waals surface area contributed by atoms with E-state index in [4.69, 9.17) is 5.73 Å². The molecule has 0 amide bonds. The van der Waals surface area contributed by atoms with Crippen molar-refractivity contribution in [2.75, 3.05) is 5.73 Å². The fourth-order valence-electron chi connectivity index (χ4n) is 1.41. The van der Waals surface area contributed by atoms with E-state index in [1.54, 1.807) is 4.68 Å². The van der Waals surface area contributed by atoms with Gasteiger partial charge in [-0.15, -0.1) is 5.10 Å². The molecule has 0 aliphatic heterocycles. The van der Waals surface area contributed by atoms with Crippen LogP contribution in [0.2, 0.25) is 0 Å². The largest absolute Gasteiger partial charge is 0.382 e. The van der Waals surface area contributed by atoms with Crippen molar-refractivity contribution < 1.29 is 0 Å². The van der Waals surface area contributed by atoms with Crippen molar-refractivity contribution >= 4 is 5.82 Å². The first-order valence-electron chi connectivity index (χ1n) is 4.88. The fraction of sp³-hybridized carbons (Fsp3) is 0.444. The van der Waals surface area contributed by atoms with Gasteiger partial charge >= 0.3 is 0 Å². The summed E-state index contributed by atoms with van der Waals surface area (Å²) in [6, 6.07) is 1.84. The molecule has 6 nitrogen and oxygen atoms in total. The van der Waals surface area contributed by atoms with Gasteiger partial charge in [-0.05, 0) is 13.8 Å². The van der Waals surface area contributed by atoms with E-state index in [1.165, 1.54) is 0 Å². The zero-order valence-corrected chi connectivity index (χ0v) is 8.88. The SMILES string of the molecule is CCn1cc(Cn2nc(N)cc2C)nn1. The van der Waals surface area contributed by atoms with Crippen LogP contribution in [0, 0.1) is 6.92 Å². The molecule has 0 aromatic carbocycles. The van der Waals surface area contributed by atoms with Crippen molar-refractivity contribution in [2.45, 2.75) is 26.9 Å². The van der Waals surface area contributed by atoms with Crippen LogP contribution in [-0.4, -0.2) is 24.8 Å². The first-order valence-corrected chi connectivity index (χ1v) is 4.88. The zero-order chi connectivity index (χ0) is 10.8. The summed E-state index contributed by atoms with van der Waals surface area (Å²) in [4.78, 5) is 0. The summed E-state index contributed by atoms with van der Waals surface area (Å²) >= 11 is 0. The lowest BCUT2D eigenvalue weighted by Gasteiger charge is -1.99. The number of aromatic nitrogens is 5. The van der Waals surface area contributed by atoms with E-state index in [9.17, 15) is 0 Å². The molecule has 2 heterocycles. The van der Waals surface area contributed by atoms with Gasteiger partial charge < -0.3 is 5.73 Å². The number of nitrogens with zero attached hydrogens (tertiary/aromatic N) is 5. The van der Waals surface area contributed by atoms with Gasteiger partial charge in [-0.2, -0.15) is 5.10 Å². The molecular formula is C9H14N6. The Bertz CT molecular complexity index is 455. The fourth-order valence-corrected chi connectivity index (χ4v) is 1.41. The topological polar surface area (TPSA) is 74.5 Å². The Morgan fingerprint density at radius 2 is 2.27 bits per heavy atom. The van der Waals surface area contributed by atoms with Gasteiger partial charge in [-0.3, -0.25) is 9.36 Å². The normalized spacial score (nSPS) is 10.8. The van der Waals surface area contributed by atoms with Crippen LogP contribution in [0.3, 0.4) is 0 Å². The molecule has 6 heteroatoms. The van der Waals surface area contributed by atoms with Gasteiger partial charge in [0.2, 0.25) is 0 Å². The number of hydrogen-bond donors (Lipinski definition) is 1. The highest BCUT2D eigenvalue weighted by Gasteiger charge is 2.05. The van der Waals surface area contributed by atoms with Crippen LogP contribution in [-0.2, 0) is 13.1 Å². The van der Waals surface area contributed by atoms with Crippen LogP contribution in [0.4, 0.5) is 5.82 Å². The Morgan fingerprint density at radius 3 is 2.80 bits per heavy atom. The highest BCUT2D eigenvalue weighted by molar-refractivity contribution is 5.29. The third kappa shape index (κ3) is 1.98. The molecular weight excluding hydrogens is 192 g/mol. The molecule has 0 spiro atoms. The molecule has 2 aromatic heterocycles. The number of rotatable bonds is 3. The molecule has 2 rings (SSSR count). The lowest BCUT2D eigenvalue weighted by atomic mass is 10.4. The summed E-state index contributed by atoms with van der Waals surface area (Å²) in [6.07, 6.45) is 1.91. The maximum Gasteiger partial charge on any atom is 0.145 e. The average molecular weight is 206 g/mol. The second-order valence-electron chi connectivity index (χ2n) is 3.43. The van der Waals surface area contributed by atoms with Gasteiger partial charge in [0.25, 0.3) is 0 Å². The number of anilines is 1. The smallest absolute Gasteiger partial charge is 0.145 e. The van der Waals surface area contributed by atoms with E-state index in [-0.39, 0.29) is 0 Å². The third-order valence-electron chi connectivity index (χ3n) is 2.22. The molecule has 15 heavy (non-hydrogen) atoms. The molecule has 0 bridgehead atoms. The molecule has 0 aliphatic rings. The second-order valence-corrected chi connectivity index (χ2v) is 3.43. The molecule has 0 atom stereocenters. The summed E-state index contributed by atoms with van der Waals surface area (Å²) in [5, 5.41) is 12.2. The van der Waals surface area contributed by atoms with Crippen LogP contribution in [0.5, 0.6) is 0 Å². The standard InChI is InChI=1S/C9H14N6/c1-3-14-5-8(11-13-14)6-15-7(2)4-9(10)12-15/h4-5H,3,6H2,1-2H3,(H2,10,12). The van der Waals surface area contributed by atoms with Gasteiger partial charge in [-0.25, -0.2) is 0 Å². The van der Waals surface area contributed by atoms with E-state index in [1.807, 2.05) is 30.8 Å². The van der Waals surface area contributed by atoms with E-state index in [2.05, 4.69) is 15.4 Å². The minimum Gasteiger partial charge on any atom is -0.382 e. The van der Waals surface area contributed by atoms with Crippen molar-refractivity contribution in [1.29, 1.82) is 0 Å². The van der Waals surface area contributed by atoms with Crippen LogP contribution in [0.25, 0.3) is 0 Å². The maximum absolute atomic E-state index is 5.59. The molecule has 0 saturated heterocycles. The summed E-state index contributed by atoms with van der Waals surface area (Å²) in [6.45, 7) is 5.43. The Balaban J connectivity index is 2.17. The minimum atomic E-state index is 0.537. The maximum atomic E-state index is 5.59. The number of aryl methyl sites for hydroxylation is 2. The summed E-state index contributed by atoms with van der Waals surface area (Å²) in [5.74, 6) is 0.537. The van der Waals surface area contributed by atoms with Crippen molar-refractivity contribution in [2.24, 2.45) is 0 Å². The molecule has 0 unspecified atom stereocenters. The summed E-state index contributed by atoms with van der Waals surface area (Å²) in [7, 11) is 0. The molecule has 2 aromatic rings. The monoisotopic (exact) mass is 206 g/mol. The Morgan fingerprint density at radius 1 is 1.47 bits per heavy atom. The van der Waals surface area contributed by atoms with Crippen molar-refractivity contribution in [3.05, 3.63) is 23.7 Å². The van der Waals surface area contributed by atoms with Gasteiger partial charge in [0.05, 0.1) is 12.7 Å². The van der Waals surface area contributed by atoms with Gasteiger partial charge in [0, 0.05) is 18.3 Å². The zero-order valence-electron chi connectivity index (χ0n) is 8.88. The molecule has 0 saturated carbocycles. The van der Waals surface area contributed by atoms with Crippen molar-refractivity contribution in [1.82, 2.24) is 24.8 Å². The molecule has 2 N–H and O–H groups in total. The molecule has 0 aliphatic carbocycles. The molecule has 0 fully saturated rings. The Labute approximate surface area is 87.7 Å². The van der Waals surface area contributed by atoms with E-state index < -0.39 is 0 Å². The van der Waals surface area contributed by atoms with Gasteiger partial charge in [0.15, 0.2) is 0 Å². The van der Waals surface area contributed by atoms with Crippen LogP contribution in [0.1, 0.15) is 18.3 Å². The number of nitrogen functional groups attached to an aromatic ring is 1. The Kier molecular flexibility index (Phi) is 2.40. The lowest BCUT2D eigenvalue weighted by Crippen LogP contribution is -2.04. The lowest BCUT2D eigenvalue weighted by molar-refractivity contribution is 0.624. The third-order valence-corrected chi connectivity index (χ3v) is 2.22. The number of nitrogens with two attached hydrogens (primary N) is 1.